The second-order valence-corrected chi connectivity index (χ2v) is 8.35. The molecule has 0 aliphatic rings. The molecule has 0 aliphatic heterocycles. The number of hydrogen-bond donors (Lipinski definition) is 1. The lowest BCUT2D eigenvalue weighted by molar-refractivity contribution is 0.0925. The third-order valence-electron chi connectivity index (χ3n) is 4.31. The summed E-state index contributed by atoms with van der Waals surface area (Å²) in [5, 5.41) is 6.93. The molecular formula is C20H18N2O3S2. The monoisotopic (exact) mass is 398 g/mol. The second-order valence-electron chi connectivity index (χ2n) is 6.12. The van der Waals surface area contributed by atoms with Gasteiger partial charge in [0.25, 0.3) is 5.91 Å². The first-order valence-corrected chi connectivity index (χ1v) is 10.1. The Morgan fingerprint density at radius 2 is 2.11 bits per heavy atom. The van der Waals surface area contributed by atoms with Gasteiger partial charge in [-0.1, -0.05) is 0 Å². The maximum absolute atomic E-state index is 12.6. The highest BCUT2D eigenvalue weighted by atomic mass is 32.1. The van der Waals surface area contributed by atoms with Crippen molar-refractivity contribution in [2.24, 2.45) is 0 Å². The van der Waals surface area contributed by atoms with Crippen LogP contribution < -0.4 is 10.1 Å². The van der Waals surface area contributed by atoms with E-state index in [-0.39, 0.29) is 5.91 Å². The number of nitrogens with zero attached hydrogens (tertiary/aromatic N) is 1. The molecule has 0 fully saturated rings. The highest BCUT2D eigenvalue weighted by Gasteiger charge is 2.18. The first kappa shape index (κ1) is 17.8. The molecule has 7 heteroatoms. The van der Waals surface area contributed by atoms with Crippen molar-refractivity contribution in [3.8, 4) is 16.3 Å². The number of ether oxygens (including phenoxy) is 1. The number of aromatic nitrogens is 1. The van der Waals surface area contributed by atoms with E-state index in [0.717, 1.165) is 37.2 Å². The van der Waals surface area contributed by atoms with Crippen molar-refractivity contribution in [3.63, 3.8) is 0 Å². The van der Waals surface area contributed by atoms with Gasteiger partial charge in [-0.15, -0.1) is 22.7 Å². The van der Waals surface area contributed by atoms with Gasteiger partial charge in [-0.05, 0) is 44.2 Å². The zero-order chi connectivity index (χ0) is 19.0. The number of methoxy groups -OCH3 is 1. The normalized spacial score (nSPS) is 11.1. The number of hydrogen-bond acceptors (Lipinski definition) is 6. The van der Waals surface area contributed by atoms with E-state index in [2.05, 4.69) is 15.7 Å². The van der Waals surface area contributed by atoms with Crippen LogP contribution in [0.5, 0.6) is 5.75 Å². The number of thiazole rings is 1. The summed E-state index contributed by atoms with van der Waals surface area (Å²) in [5.41, 5.74) is 2.48. The quantitative estimate of drug-likeness (QED) is 0.503. The summed E-state index contributed by atoms with van der Waals surface area (Å²) in [4.78, 5) is 19.3. The average molecular weight is 399 g/mol. The number of amides is 1. The highest BCUT2D eigenvalue weighted by molar-refractivity contribution is 7.16. The molecule has 3 aromatic heterocycles. The van der Waals surface area contributed by atoms with Crippen LogP contribution in [0.1, 0.15) is 26.0 Å². The van der Waals surface area contributed by atoms with E-state index in [9.17, 15) is 4.79 Å². The number of rotatable bonds is 5. The number of carbonyl (C=O) groups is 1. The van der Waals surface area contributed by atoms with Crippen molar-refractivity contribution in [2.45, 2.75) is 20.4 Å². The molecule has 0 saturated heterocycles. The predicted molar refractivity (Wildman–Crippen MR) is 109 cm³/mol. The molecule has 0 radical (unpaired) electrons. The van der Waals surface area contributed by atoms with Crippen LogP contribution in [-0.2, 0) is 6.54 Å². The molecule has 4 aromatic rings. The minimum Gasteiger partial charge on any atom is -0.497 e. The second kappa shape index (κ2) is 7.17. The first-order valence-electron chi connectivity index (χ1n) is 8.41. The van der Waals surface area contributed by atoms with Crippen LogP contribution in [0.15, 0.2) is 40.1 Å². The molecule has 1 N–H and O–H groups in total. The summed E-state index contributed by atoms with van der Waals surface area (Å²) in [6.45, 7) is 4.33. The van der Waals surface area contributed by atoms with E-state index in [1.54, 1.807) is 29.8 Å². The molecule has 0 saturated carbocycles. The van der Waals surface area contributed by atoms with Gasteiger partial charge in [0, 0.05) is 21.2 Å². The topological polar surface area (TPSA) is 64.4 Å². The van der Waals surface area contributed by atoms with E-state index in [1.165, 1.54) is 0 Å². The fourth-order valence-corrected chi connectivity index (χ4v) is 4.47. The van der Waals surface area contributed by atoms with Crippen molar-refractivity contribution in [1.29, 1.82) is 0 Å². The van der Waals surface area contributed by atoms with Gasteiger partial charge in [0.2, 0.25) is 0 Å². The van der Waals surface area contributed by atoms with Crippen LogP contribution in [0.2, 0.25) is 0 Å². The summed E-state index contributed by atoms with van der Waals surface area (Å²) in [6, 6.07) is 9.58. The number of carbonyl (C=O) groups excluding carboxylic acids is 1. The Morgan fingerprint density at radius 1 is 1.26 bits per heavy atom. The summed E-state index contributed by atoms with van der Waals surface area (Å²) in [6.07, 6.45) is 0. The van der Waals surface area contributed by atoms with Crippen molar-refractivity contribution in [1.82, 2.24) is 10.3 Å². The van der Waals surface area contributed by atoms with Crippen molar-refractivity contribution >= 4 is 39.5 Å². The molecule has 1 aromatic carbocycles. The minimum atomic E-state index is -0.220. The van der Waals surface area contributed by atoms with Gasteiger partial charge in [-0.25, -0.2) is 4.98 Å². The predicted octanol–water partition coefficient (Wildman–Crippen LogP) is 5.17. The van der Waals surface area contributed by atoms with E-state index < -0.39 is 0 Å². The molecule has 138 valence electrons. The summed E-state index contributed by atoms with van der Waals surface area (Å²) < 4.78 is 11.0. The number of fused-ring (bicyclic) bond motifs is 1. The van der Waals surface area contributed by atoms with Crippen LogP contribution in [0.3, 0.4) is 0 Å². The Bertz CT molecular complexity index is 1120. The molecule has 0 atom stereocenters. The molecule has 5 nitrogen and oxygen atoms in total. The van der Waals surface area contributed by atoms with Crippen LogP contribution >= 0.6 is 22.7 Å². The van der Waals surface area contributed by atoms with Gasteiger partial charge in [0.1, 0.15) is 11.3 Å². The van der Waals surface area contributed by atoms with Crippen LogP contribution in [0.4, 0.5) is 0 Å². The summed E-state index contributed by atoms with van der Waals surface area (Å²) in [7, 11) is 1.62. The molecule has 3 heterocycles. The van der Waals surface area contributed by atoms with E-state index >= 15 is 0 Å². The van der Waals surface area contributed by atoms with Gasteiger partial charge in [-0.2, -0.15) is 0 Å². The zero-order valence-corrected chi connectivity index (χ0v) is 16.8. The largest absolute Gasteiger partial charge is 0.497 e. The maximum Gasteiger partial charge on any atom is 0.287 e. The van der Waals surface area contributed by atoms with Crippen LogP contribution in [0.25, 0.3) is 21.5 Å². The Labute approximate surface area is 164 Å². The molecule has 0 spiro atoms. The Kier molecular flexibility index (Phi) is 4.72. The number of aryl methyl sites for hydroxylation is 2. The van der Waals surface area contributed by atoms with Gasteiger partial charge in [0.05, 0.1) is 29.2 Å². The Morgan fingerprint density at radius 3 is 2.85 bits per heavy atom. The number of furan rings is 1. The lowest BCUT2D eigenvalue weighted by Crippen LogP contribution is -2.22. The molecule has 0 aliphatic carbocycles. The van der Waals surface area contributed by atoms with E-state index in [4.69, 9.17) is 9.15 Å². The molecule has 0 bridgehead atoms. The maximum atomic E-state index is 12.6. The minimum absolute atomic E-state index is 0.220. The van der Waals surface area contributed by atoms with Crippen molar-refractivity contribution in [2.75, 3.05) is 7.11 Å². The fraction of sp³-hybridized carbons (Fsp3) is 0.200. The summed E-state index contributed by atoms with van der Waals surface area (Å²) in [5.74, 6) is 0.856. The van der Waals surface area contributed by atoms with Crippen LogP contribution in [-0.4, -0.2) is 18.0 Å². The molecule has 0 unspecified atom stereocenters. The van der Waals surface area contributed by atoms with Crippen molar-refractivity contribution in [3.05, 3.63) is 56.9 Å². The van der Waals surface area contributed by atoms with Crippen LogP contribution in [0, 0.1) is 13.8 Å². The third-order valence-corrected chi connectivity index (χ3v) is 6.19. The Balaban J connectivity index is 1.49. The fourth-order valence-electron chi connectivity index (χ4n) is 2.88. The SMILES string of the molecule is COc1ccc2oc(C(=O)NCc3ccc(-c4csc(C)n4)s3)c(C)c2c1. The smallest absolute Gasteiger partial charge is 0.287 e. The van der Waals surface area contributed by atoms with E-state index in [0.29, 0.717) is 17.9 Å². The van der Waals surface area contributed by atoms with Gasteiger partial charge in [0.15, 0.2) is 5.76 Å². The van der Waals surface area contributed by atoms with Crippen molar-refractivity contribution < 1.29 is 13.9 Å². The number of benzene rings is 1. The number of nitrogens with one attached hydrogen (secondary N) is 1. The van der Waals surface area contributed by atoms with Gasteiger partial charge >= 0.3 is 0 Å². The lowest BCUT2D eigenvalue weighted by Gasteiger charge is -2.01. The Hall–Kier alpha value is -2.64. The molecule has 1 amide bonds. The third kappa shape index (κ3) is 3.48. The lowest BCUT2D eigenvalue weighted by atomic mass is 10.1. The first-order chi connectivity index (χ1) is 13.0. The van der Waals surface area contributed by atoms with Gasteiger partial charge < -0.3 is 14.5 Å². The molecular weight excluding hydrogens is 380 g/mol. The zero-order valence-electron chi connectivity index (χ0n) is 15.2. The number of thiophene rings is 1. The van der Waals surface area contributed by atoms with E-state index in [1.807, 2.05) is 44.2 Å². The average Bonchev–Trinajstić information content (AvgIpc) is 3.39. The highest BCUT2D eigenvalue weighted by Crippen LogP contribution is 2.30. The standard InChI is InChI=1S/C20H18N2O3S2/c1-11-15-8-13(24-3)4-6-17(15)25-19(11)20(23)21-9-14-5-7-18(27-14)16-10-26-12(2)22-16/h4-8,10H,9H2,1-3H3,(H,21,23). The molecule has 4 rings (SSSR count). The molecule has 27 heavy (non-hydrogen) atoms. The van der Waals surface area contributed by atoms with Gasteiger partial charge in [-0.3, -0.25) is 4.79 Å². The summed E-state index contributed by atoms with van der Waals surface area (Å²) >= 11 is 3.27.